The third-order valence-corrected chi connectivity index (χ3v) is 6.05. The summed E-state index contributed by atoms with van der Waals surface area (Å²) in [6.45, 7) is 12.1. The first-order valence-corrected chi connectivity index (χ1v) is 11.7. The van der Waals surface area contributed by atoms with Crippen molar-refractivity contribution in [1.82, 2.24) is 20.5 Å². The number of aromatic nitrogens is 1. The summed E-state index contributed by atoms with van der Waals surface area (Å²) in [5.74, 6) is 1.38. The minimum absolute atomic E-state index is 0. The summed E-state index contributed by atoms with van der Waals surface area (Å²) in [6.07, 6.45) is 5.87. The smallest absolute Gasteiger partial charge is 0.222 e. The number of carbonyl (C=O) groups is 1. The summed E-state index contributed by atoms with van der Waals surface area (Å²) in [7, 11) is 1.80. The van der Waals surface area contributed by atoms with E-state index in [9.17, 15) is 4.79 Å². The van der Waals surface area contributed by atoms with Crippen molar-refractivity contribution in [3.05, 3.63) is 23.9 Å². The average molecular weight is 560 g/mol. The van der Waals surface area contributed by atoms with Gasteiger partial charge >= 0.3 is 0 Å². The quantitative estimate of drug-likeness (QED) is 0.219. The average Bonchev–Trinajstić information content (AvgIpc) is 2.79. The normalized spacial score (nSPS) is 17.6. The van der Waals surface area contributed by atoms with Gasteiger partial charge in [-0.1, -0.05) is 19.9 Å². The number of anilines is 1. The number of guanidine groups is 1. The fourth-order valence-electron chi connectivity index (χ4n) is 4.09. The topological polar surface area (TPSA) is 98.9 Å². The molecule has 0 saturated carbocycles. The standard InChI is InChI=1S/C23H41N7O.HI/c1-5-29(6-2)14-8-10-18(3)28-23(25-4)27-16-19-11-7-13-26-22(19)30-15-9-12-20(17-30)21(24)31;/h7,11,13,18,20H,5-6,8-10,12,14-17H2,1-4H3,(H2,24,31)(H2,25,27,28);1H. The third-order valence-electron chi connectivity index (χ3n) is 6.05. The van der Waals surface area contributed by atoms with Crippen LogP contribution in [0.2, 0.25) is 0 Å². The summed E-state index contributed by atoms with van der Waals surface area (Å²) in [5, 5.41) is 6.91. The van der Waals surface area contributed by atoms with Crippen LogP contribution in [0, 0.1) is 5.92 Å². The molecular formula is C23H42IN7O. The highest BCUT2D eigenvalue weighted by Gasteiger charge is 2.26. The lowest BCUT2D eigenvalue weighted by molar-refractivity contribution is -0.122. The predicted octanol–water partition coefficient (Wildman–Crippen LogP) is 2.58. The second-order valence-electron chi connectivity index (χ2n) is 8.31. The molecule has 2 heterocycles. The Hall–Kier alpha value is -1.62. The number of primary amides is 1. The van der Waals surface area contributed by atoms with Crippen molar-refractivity contribution in [1.29, 1.82) is 0 Å². The molecule has 4 N–H and O–H groups in total. The second-order valence-corrected chi connectivity index (χ2v) is 8.31. The Morgan fingerprint density at radius 3 is 2.81 bits per heavy atom. The highest BCUT2D eigenvalue weighted by molar-refractivity contribution is 14.0. The fourth-order valence-corrected chi connectivity index (χ4v) is 4.09. The number of nitrogens with two attached hydrogens (primary N) is 1. The van der Waals surface area contributed by atoms with Gasteiger partial charge in [0.15, 0.2) is 5.96 Å². The lowest BCUT2D eigenvalue weighted by atomic mass is 9.97. The van der Waals surface area contributed by atoms with E-state index in [1.165, 1.54) is 0 Å². The van der Waals surface area contributed by atoms with E-state index < -0.39 is 0 Å². The third kappa shape index (κ3) is 9.09. The Kier molecular flexibility index (Phi) is 13.5. The van der Waals surface area contributed by atoms with Gasteiger partial charge in [0, 0.05) is 44.5 Å². The number of amides is 1. The van der Waals surface area contributed by atoms with E-state index in [2.05, 4.69) is 57.2 Å². The molecule has 0 radical (unpaired) electrons. The van der Waals surface area contributed by atoms with Crippen molar-refractivity contribution < 1.29 is 4.79 Å². The van der Waals surface area contributed by atoms with Gasteiger partial charge in [0.1, 0.15) is 5.82 Å². The summed E-state index contributed by atoms with van der Waals surface area (Å²) in [6, 6.07) is 4.36. The molecule has 2 rings (SSSR count). The van der Waals surface area contributed by atoms with Gasteiger partial charge in [0.25, 0.3) is 0 Å². The molecule has 1 amide bonds. The van der Waals surface area contributed by atoms with Crippen molar-refractivity contribution in [3.8, 4) is 0 Å². The second kappa shape index (κ2) is 15.3. The van der Waals surface area contributed by atoms with Crippen LogP contribution >= 0.6 is 24.0 Å². The first-order chi connectivity index (χ1) is 15.0. The Morgan fingerprint density at radius 2 is 2.16 bits per heavy atom. The molecule has 1 aromatic heterocycles. The molecule has 1 aliphatic heterocycles. The van der Waals surface area contributed by atoms with Gasteiger partial charge in [-0.25, -0.2) is 4.98 Å². The highest BCUT2D eigenvalue weighted by atomic mass is 127. The SMILES string of the molecule is CCN(CC)CCCC(C)NC(=NC)NCc1cccnc1N1CCCC(C(N)=O)C1.I. The lowest BCUT2D eigenvalue weighted by Crippen LogP contribution is -2.43. The van der Waals surface area contributed by atoms with Gasteiger partial charge in [-0.05, 0) is 58.3 Å². The minimum atomic E-state index is -0.222. The number of halogens is 1. The number of aliphatic imine (C=N–C) groups is 1. The molecule has 32 heavy (non-hydrogen) atoms. The Labute approximate surface area is 210 Å². The van der Waals surface area contributed by atoms with Crippen LogP contribution in [0.3, 0.4) is 0 Å². The lowest BCUT2D eigenvalue weighted by Gasteiger charge is -2.33. The monoisotopic (exact) mass is 559 g/mol. The van der Waals surface area contributed by atoms with E-state index in [0.29, 0.717) is 19.1 Å². The van der Waals surface area contributed by atoms with Gasteiger partial charge in [0.2, 0.25) is 5.91 Å². The van der Waals surface area contributed by atoms with Crippen molar-refractivity contribution in [2.24, 2.45) is 16.6 Å². The van der Waals surface area contributed by atoms with E-state index in [1.54, 1.807) is 13.2 Å². The zero-order valence-corrected chi connectivity index (χ0v) is 22.5. The maximum absolute atomic E-state index is 11.7. The zero-order chi connectivity index (χ0) is 22.6. The van der Waals surface area contributed by atoms with Crippen LogP contribution in [-0.2, 0) is 11.3 Å². The first kappa shape index (κ1) is 28.4. The molecule has 8 nitrogen and oxygen atoms in total. The molecule has 1 saturated heterocycles. The Balaban J connectivity index is 0.00000512. The number of piperidine rings is 1. The molecule has 1 fully saturated rings. The van der Waals surface area contributed by atoms with Gasteiger partial charge in [-0.2, -0.15) is 0 Å². The predicted molar refractivity (Wildman–Crippen MR) is 144 cm³/mol. The van der Waals surface area contributed by atoms with Crippen LogP contribution in [0.1, 0.15) is 52.0 Å². The van der Waals surface area contributed by atoms with Crippen molar-refractivity contribution >= 4 is 41.7 Å². The van der Waals surface area contributed by atoms with E-state index in [1.807, 2.05) is 6.07 Å². The first-order valence-electron chi connectivity index (χ1n) is 11.7. The molecule has 0 aromatic carbocycles. The Bertz CT molecular complexity index is 711. The number of hydrogen-bond donors (Lipinski definition) is 3. The van der Waals surface area contributed by atoms with Crippen molar-refractivity contribution in [3.63, 3.8) is 0 Å². The van der Waals surface area contributed by atoms with Gasteiger partial charge < -0.3 is 26.2 Å². The maximum Gasteiger partial charge on any atom is 0.222 e. The van der Waals surface area contributed by atoms with Gasteiger partial charge in [0.05, 0.1) is 5.92 Å². The van der Waals surface area contributed by atoms with Crippen LogP contribution in [0.4, 0.5) is 5.82 Å². The van der Waals surface area contributed by atoms with Crippen LogP contribution in [0.5, 0.6) is 0 Å². The van der Waals surface area contributed by atoms with Crippen LogP contribution in [0.25, 0.3) is 0 Å². The minimum Gasteiger partial charge on any atom is -0.369 e. The number of hydrogen-bond acceptors (Lipinski definition) is 5. The van der Waals surface area contributed by atoms with E-state index in [4.69, 9.17) is 5.73 Å². The number of rotatable bonds is 11. The molecular weight excluding hydrogens is 517 g/mol. The molecule has 182 valence electrons. The van der Waals surface area contributed by atoms with E-state index in [0.717, 1.165) is 69.2 Å². The molecule has 9 heteroatoms. The molecule has 1 aromatic rings. The molecule has 0 aliphatic carbocycles. The number of carbonyl (C=O) groups excluding carboxylic acids is 1. The van der Waals surface area contributed by atoms with Gasteiger partial charge in [-0.3, -0.25) is 9.79 Å². The summed E-state index contributed by atoms with van der Waals surface area (Å²) >= 11 is 0. The fraction of sp³-hybridized carbons (Fsp3) is 0.696. The van der Waals surface area contributed by atoms with Gasteiger partial charge in [-0.15, -0.1) is 24.0 Å². The molecule has 0 spiro atoms. The molecule has 1 aliphatic rings. The van der Waals surface area contributed by atoms with Crippen LogP contribution < -0.4 is 21.3 Å². The van der Waals surface area contributed by atoms with E-state index in [-0.39, 0.29) is 35.8 Å². The van der Waals surface area contributed by atoms with Crippen molar-refractivity contribution in [2.45, 2.75) is 59.0 Å². The summed E-state index contributed by atoms with van der Waals surface area (Å²) in [5.41, 5.74) is 6.64. The molecule has 2 unspecified atom stereocenters. The maximum atomic E-state index is 11.7. The molecule has 2 atom stereocenters. The molecule has 0 bridgehead atoms. The highest BCUT2D eigenvalue weighted by Crippen LogP contribution is 2.24. The van der Waals surface area contributed by atoms with Crippen LogP contribution in [0.15, 0.2) is 23.3 Å². The zero-order valence-electron chi connectivity index (χ0n) is 20.1. The number of nitrogens with one attached hydrogen (secondary N) is 2. The number of nitrogens with zero attached hydrogens (tertiary/aromatic N) is 4. The summed E-state index contributed by atoms with van der Waals surface area (Å²) < 4.78 is 0. The number of pyridine rings is 1. The Morgan fingerprint density at radius 1 is 1.41 bits per heavy atom. The van der Waals surface area contributed by atoms with Crippen LogP contribution in [-0.4, -0.2) is 67.6 Å². The summed E-state index contributed by atoms with van der Waals surface area (Å²) in [4.78, 5) is 25.3. The van der Waals surface area contributed by atoms with Crippen molar-refractivity contribution in [2.75, 3.05) is 44.7 Å². The largest absolute Gasteiger partial charge is 0.369 e. The van der Waals surface area contributed by atoms with E-state index >= 15 is 0 Å².